The van der Waals surface area contributed by atoms with E-state index >= 15 is 0 Å². The van der Waals surface area contributed by atoms with Gasteiger partial charge in [-0.05, 0) is 108 Å². The summed E-state index contributed by atoms with van der Waals surface area (Å²) in [5, 5.41) is 5.03. The van der Waals surface area contributed by atoms with Crippen LogP contribution in [0.5, 0.6) is 0 Å². The van der Waals surface area contributed by atoms with Crippen LogP contribution in [0, 0.1) is 0 Å². The quantitative estimate of drug-likeness (QED) is 0.158. The Labute approximate surface area is 345 Å². The average Bonchev–Trinajstić information content (AvgIpc) is 3.56. The molecule has 1 aliphatic rings. The molecule has 1 aromatic heterocycles. The molecule has 1 heterocycles. The van der Waals surface area contributed by atoms with Gasteiger partial charge in [-0.3, -0.25) is 0 Å². The molecule has 59 heavy (non-hydrogen) atoms. The molecule has 2 nitrogen and oxygen atoms in total. The molecule has 0 N–H and O–H groups in total. The molecule has 11 rings (SSSR count). The Balaban J connectivity index is 1.10. The van der Waals surface area contributed by atoms with E-state index in [1.54, 1.807) is 0 Å². The summed E-state index contributed by atoms with van der Waals surface area (Å²) in [4.78, 5) is 11.0. The van der Waals surface area contributed by atoms with Crippen molar-refractivity contribution in [2.75, 3.05) is 0 Å². The van der Waals surface area contributed by atoms with E-state index in [9.17, 15) is 0 Å². The molecule has 0 atom stereocenters. The lowest BCUT2D eigenvalue weighted by Crippen LogP contribution is -2.18. The maximum Gasteiger partial charge on any atom is 0.160 e. The van der Waals surface area contributed by atoms with Gasteiger partial charge in [0.15, 0.2) is 5.82 Å². The molecule has 0 amide bonds. The second-order valence-corrected chi connectivity index (χ2v) is 16.1. The van der Waals surface area contributed by atoms with Gasteiger partial charge >= 0.3 is 0 Å². The van der Waals surface area contributed by atoms with Crippen LogP contribution in [0.3, 0.4) is 0 Å². The van der Waals surface area contributed by atoms with Crippen LogP contribution in [-0.2, 0) is 5.41 Å². The Hall–Kier alpha value is -7.42. The zero-order valence-electron chi connectivity index (χ0n) is 33.0. The van der Waals surface area contributed by atoms with Gasteiger partial charge in [0.1, 0.15) is 0 Å². The standard InChI is InChI=1S/C57H40N2/c1-57(2)53-50-31-15-13-29-48(50)47-28-12-14-30-49(47)51(53)52-54(58-56(59-55(52)57)39-22-10-5-11-23-39)43-27-17-25-41(33-43)40-24-16-26-42(32-40)46-35-44(37-18-6-3-7-19-37)34-45(36-46)38-20-8-4-9-21-38/h3-36H,1-2H3. The largest absolute Gasteiger partial charge is 0.231 e. The number of hydrogen-bond donors (Lipinski definition) is 0. The molecule has 0 saturated carbocycles. The number of aromatic nitrogens is 2. The molecule has 10 aromatic rings. The van der Waals surface area contributed by atoms with Crippen molar-refractivity contribution in [2.45, 2.75) is 19.3 Å². The van der Waals surface area contributed by atoms with Crippen LogP contribution >= 0.6 is 0 Å². The third-order valence-electron chi connectivity index (χ3n) is 12.2. The Morgan fingerprint density at radius 1 is 0.305 bits per heavy atom. The molecule has 278 valence electrons. The van der Waals surface area contributed by atoms with Gasteiger partial charge in [-0.15, -0.1) is 0 Å². The van der Waals surface area contributed by atoms with Crippen LogP contribution in [0.25, 0.3) is 99.8 Å². The number of fused-ring (bicyclic) bond motifs is 8. The summed E-state index contributed by atoms with van der Waals surface area (Å²) in [6.45, 7) is 4.67. The minimum Gasteiger partial charge on any atom is -0.231 e. The van der Waals surface area contributed by atoms with Crippen molar-refractivity contribution in [3.05, 3.63) is 218 Å². The highest BCUT2D eigenvalue weighted by molar-refractivity contribution is 6.19. The molecule has 0 bridgehead atoms. The highest BCUT2D eigenvalue weighted by Crippen LogP contribution is 2.56. The SMILES string of the molecule is CC1(C)c2nc(-c3ccccc3)nc(-c3cccc(-c4cccc(-c5cc(-c6ccccc6)cc(-c6ccccc6)c5)c4)c3)c2-c2c1c1ccccc1c1ccccc21. The van der Waals surface area contributed by atoms with Crippen molar-refractivity contribution in [3.63, 3.8) is 0 Å². The molecule has 0 fully saturated rings. The first-order valence-corrected chi connectivity index (χ1v) is 20.4. The monoisotopic (exact) mass is 752 g/mol. The zero-order chi connectivity index (χ0) is 39.5. The number of rotatable bonds is 6. The first kappa shape index (κ1) is 34.8. The molecule has 9 aromatic carbocycles. The summed E-state index contributed by atoms with van der Waals surface area (Å²) in [7, 11) is 0. The van der Waals surface area contributed by atoms with Gasteiger partial charge in [0.2, 0.25) is 0 Å². The van der Waals surface area contributed by atoms with E-state index < -0.39 is 0 Å². The van der Waals surface area contributed by atoms with Crippen LogP contribution in [-0.4, -0.2) is 9.97 Å². The second kappa shape index (κ2) is 13.9. The molecule has 2 heteroatoms. The highest BCUT2D eigenvalue weighted by Gasteiger charge is 2.42. The Morgan fingerprint density at radius 2 is 0.695 bits per heavy atom. The number of hydrogen-bond acceptors (Lipinski definition) is 2. The van der Waals surface area contributed by atoms with E-state index in [4.69, 9.17) is 9.97 Å². The lowest BCUT2D eigenvalue weighted by Gasteiger charge is -2.23. The minimum absolute atomic E-state index is 0.367. The Kier molecular flexibility index (Phi) is 8.20. The normalized spacial score (nSPS) is 12.7. The van der Waals surface area contributed by atoms with E-state index in [0.29, 0.717) is 0 Å². The van der Waals surface area contributed by atoms with Gasteiger partial charge in [0, 0.05) is 22.1 Å². The Bertz CT molecular complexity index is 3160. The van der Waals surface area contributed by atoms with E-state index in [2.05, 4.69) is 214 Å². The van der Waals surface area contributed by atoms with Crippen LogP contribution in [0.15, 0.2) is 206 Å². The molecule has 0 aliphatic heterocycles. The third-order valence-corrected chi connectivity index (χ3v) is 12.2. The molecular formula is C57H40N2. The maximum atomic E-state index is 5.50. The fourth-order valence-electron chi connectivity index (χ4n) is 9.36. The van der Waals surface area contributed by atoms with Gasteiger partial charge in [0.05, 0.1) is 11.4 Å². The molecule has 0 saturated heterocycles. The molecular weight excluding hydrogens is 713 g/mol. The van der Waals surface area contributed by atoms with Gasteiger partial charge in [0.25, 0.3) is 0 Å². The lowest BCUT2D eigenvalue weighted by molar-refractivity contribution is 0.641. The summed E-state index contributed by atoms with van der Waals surface area (Å²) in [5.74, 6) is 0.744. The van der Waals surface area contributed by atoms with Gasteiger partial charge in [-0.25, -0.2) is 9.97 Å². The van der Waals surface area contributed by atoms with Crippen LogP contribution in [0.1, 0.15) is 25.1 Å². The van der Waals surface area contributed by atoms with E-state index in [0.717, 1.165) is 45.0 Å². The van der Waals surface area contributed by atoms with Crippen LogP contribution < -0.4 is 0 Å². The minimum atomic E-state index is -0.367. The fourth-order valence-corrected chi connectivity index (χ4v) is 9.36. The fraction of sp³-hybridized carbons (Fsp3) is 0.0526. The third kappa shape index (κ3) is 5.87. The molecule has 0 unspecified atom stereocenters. The average molecular weight is 753 g/mol. The van der Waals surface area contributed by atoms with Gasteiger partial charge in [-0.1, -0.05) is 190 Å². The second-order valence-electron chi connectivity index (χ2n) is 16.1. The summed E-state index contributed by atoms with van der Waals surface area (Å²) in [5.41, 5.74) is 16.9. The van der Waals surface area contributed by atoms with Gasteiger partial charge in [-0.2, -0.15) is 0 Å². The summed E-state index contributed by atoms with van der Waals surface area (Å²) < 4.78 is 0. The summed E-state index contributed by atoms with van der Waals surface area (Å²) in [6.07, 6.45) is 0. The predicted octanol–water partition coefficient (Wildman–Crippen LogP) is 15.1. The molecule has 0 spiro atoms. The first-order valence-electron chi connectivity index (χ1n) is 20.4. The van der Waals surface area contributed by atoms with E-state index in [-0.39, 0.29) is 5.41 Å². The molecule has 1 aliphatic carbocycles. The van der Waals surface area contributed by atoms with E-state index in [1.807, 2.05) is 6.07 Å². The lowest BCUT2D eigenvalue weighted by atomic mass is 9.81. The van der Waals surface area contributed by atoms with Crippen LogP contribution in [0.4, 0.5) is 0 Å². The molecule has 0 radical (unpaired) electrons. The van der Waals surface area contributed by atoms with Crippen molar-refractivity contribution < 1.29 is 0 Å². The van der Waals surface area contributed by atoms with E-state index in [1.165, 1.54) is 66.1 Å². The Morgan fingerprint density at radius 3 is 1.27 bits per heavy atom. The topological polar surface area (TPSA) is 25.8 Å². The van der Waals surface area contributed by atoms with Crippen molar-refractivity contribution in [3.8, 4) is 78.3 Å². The highest BCUT2D eigenvalue weighted by atomic mass is 14.9. The van der Waals surface area contributed by atoms with Gasteiger partial charge < -0.3 is 0 Å². The zero-order valence-corrected chi connectivity index (χ0v) is 33.0. The number of nitrogens with zero attached hydrogens (tertiary/aromatic N) is 2. The smallest absolute Gasteiger partial charge is 0.160 e. The van der Waals surface area contributed by atoms with Crippen molar-refractivity contribution >= 4 is 21.5 Å². The number of benzene rings is 9. The summed E-state index contributed by atoms with van der Waals surface area (Å²) in [6, 6.07) is 74.3. The van der Waals surface area contributed by atoms with Crippen molar-refractivity contribution in [1.82, 2.24) is 9.97 Å². The maximum absolute atomic E-state index is 5.50. The predicted molar refractivity (Wildman–Crippen MR) is 247 cm³/mol. The van der Waals surface area contributed by atoms with Crippen molar-refractivity contribution in [1.29, 1.82) is 0 Å². The first-order chi connectivity index (χ1) is 29.0. The van der Waals surface area contributed by atoms with Crippen molar-refractivity contribution in [2.24, 2.45) is 0 Å². The summed E-state index contributed by atoms with van der Waals surface area (Å²) >= 11 is 0. The van der Waals surface area contributed by atoms with Crippen LogP contribution in [0.2, 0.25) is 0 Å².